The Bertz CT molecular complexity index is 603. The summed E-state index contributed by atoms with van der Waals surface area (Å²) in [7, 11) is -3.98. The lowest BCUT2D eigenvalue weighted by molar-refractivity contribution is -0.120. The number of nitrogens with one attached hydrogen (secondary N) is 2. The number of carboxylic acids is 1. The fourth-order valence-corrected chi connectivity index (χ4v) is 3.65. The van der Waals surface area contributed by atoms with Gasteiger partial charge >= 0.3 is 5.97 Å². The molecule has 9 heteroatoms. The lowest BCUT2D eigenvalue weighted by Gasteiger charge is -2.06. The lowest BCUT2D eigenvalue weighted by atomic mass is 10.5. The molecule has 3 N–H and O–H groups in total. The van der Waals surface area contributed by atoms with Gasteiger partial charge in [0.2, 0.25) is 15.9 Å². The minimum atomic E-state index is -3.98. The molecule has 0 aliphatic heterocycles. The van der Waals surface area contributed by atoms with Crippen LogP contribution in [0.2, 0.25) is 0 Å². The number of sulfonamides is 1. The van der Waals surface area contributed by atoms with Crippen molar-refractivity contribution in [1.82, 2.24) is 10.0 Å². The summed E-state index contributed by atoms with van der Waals surface area (Å²) in [5.74, 6) is -1.73. The van der Waals surface area contributed by atoms with Crippen LogP contribution < -0.4 is 10.0 Å². The van der Waals surface area contributed by atoms with E-state index in [0.717, 1.165) is 24.2 Å². The van der Waals surface area contributed by atoms with Crippen LogP contribution in [0, 0.1) is 0 Å². The number of hydrogen-bond donors (Lipinski definition) is 3. The second kappa shape index (κ2) is 5.27. The van der Waals surface area contributed by atoms with Crippen LogP contribution in [0.1, 0.15) is 22.5 Å². The summed E-state index contributed by atoms with van der Waals surface area (Å²) >= 11 is 0.820. The van der Waals surface area contributed by atoms with Crippen LogP contribution >= 0.6 is 11.3 Å². The molecule has 0 atom stereocenters. The Morgan fingerprint density at radius 2 is 2.11 bits per heavy atom. The second-order valence-electron chi connectivity index (χ2n) is 4.09. The normalized spacial score (nSPS) is 15.2. The molecular formula is C10H12N2O5S2. The first kappa shape index (κ1) is 14.0. The molecule has 0 bridgehead atoms. The molecule has 1 saturated carbocycles. The van der Waals surface area contributed by atoms with Crippen molar-refractivity contribution in [3.63, 3.8) is 0 Å². The Hall–Kier alpha value is -1.45. The summed E-state index contributed by atoms with van der Waals surface area (Å²) in [6, 6.07) is 1.35. The molecule has 1 fully saturated rings. The molecule has 0 aromatic carbocycles. The van der Waals surface area contributed by atoms with Gasteiger partial charge in [0.1, 0.15) is 9.77 Å². The number of carbonyl (C=O) groups excluding carboxylic acids is 1. The quantitative estimate of drug-likeness (QED) is 0.685. The van der Waals surface area contributed by atoms with Gasteiger partial charge in [-0.15, -0.1) is 11.3 Å². The van der Waals surface area contributed by atoms with E-state index in [0.29, 0.717) is 0 Å². The monoisotopic (exact) mass is 304 g/mol. The highest BCUT2D eigenvalue weighted by molar-refractivity contribution is 7.89. The van der Waals surface area contributed by atoms with Crippen molar-refractivity contribution < 1.29 is 23.1 Å². The Balaban J connectivity index is 2.02. The molecule has 0 spiro atoms. The molecule has 1 aliphatic carbocycles. The van der Waals surface area contributed by atoms with E-state index < -0.39 is 28.4 Å². The van der Waals surface area contributed by atoms with Gasteiger partial charge in [0.05, 0.1) is 6.54 Å². The molecular weight excluding hydrogens is 292 g/mol. The van der Waals surface area contributed by atoms with Crippen molar-refractivity contribution in [3.05, 3.63) is 16.3 Å². The van der Waals surface area contributed by atoms with E-state index in [2.05, 4.69) is 10.0 Å². The van der Waals surface area contributed by atoms with E-state index in [1.165, 1.54) is 11.4 Å². The minimum absolute atomic E-state index is 0.146. The lowest BCUT2D eigenvalue weighted by Crippen LogP contribution is -2.38. The smallest absolute Gasteiger partial charge is 0.347 e. The molecule has 1 heterocycles. The van der Waals surface area contributed by atoms with Gasteiger partial charge < -0.3 is 10.4 Å². The number of carboxylic acid groups (broad SMARTS) is 1. The van der Waals surface area contributed by atoms with Crippen LogP contribution in [0.15, 0.2) is 16.3 Å². The van der Waals surface area contributed by atoms with Crippen molar-refractivity contribution in [2.75, 3.05) is 6.54 Å². The summed E-state index contributed by atoms with van der Waals surface area (Å²) in [5.41, 5.74) is 0. The van der Waals surface area contributed by atoms with E-state index in [4.69, 9.17) is 5.11 Å². The average Bonchev–Trinajstić information content (AvgIpc) is 2.97. The molecule has 1 amide bonds. The fourth-order valence-electron chi connectivity index (χ4n) is 1.41. The molecule has 0 radical (unpaired) electrons. The highest BCUT2D eigenvalue weighted by Gasteiger charge is 2.26. The van der Waals surface area contributed by atoms with Crippen molar-refractivity contribution in [2.24, 2.45) is 0 Å². The third kappa shape index (κ3) is 3.52. The largest absolute Gasteiger partial charge is 0.477 e. The molecule has 104 valence electrons. The third-order valence-electron chi connectivity index (χ3n) is 2.48. The van der Waals surface area contributed by atoms with Gasteiger partial charge in [0.25, 0.3) is 0 Å². The molecule has 7 nitrogen and oxygen atoms in total. The van der Waals surface area contributed by atoms with Crippen LogP contribution in [0.25, 0.3) is 0 Å². The van der Waals surface area contributed by atoms with Crippen molar-refractivity contribution in [2.45, 2.75) is 23.8 Å². The van der Waals surface area contributed by atoms with E-state index in [1.807, 2.05) is 0 Å². The standard InChI is InChI=1S/C10H12N2O5S2/c13-8(12-6-1-2-6)5-11-19(16,17)7-3-4-18-9(7)10(14)15/h3-4,6,11H,1-2,5H2,(H,12,13)(H,14,15). The van der Waals surface area contributed by atoms with Gasteiger partial charge in [-0.2, -0.15) is 0 Å². The number of aromatic carboxylic acids is 1. The minimum Gasteiger partial charge on any atom is -0.477 e. The van der Waals surface area contributed by atoms with E-state index in [1.54, 1.807) is 0 Å². The molecule has 1 aromatic rings. The molecule has 0 unspecified atom stereocenters. The first-order valence-corrected chi connectivity index (χ1v) is 7.86. The first-order chi connectivity index (χ1) is 8.90. The van der Waals surface area contributed by atoms with Gasteiger partial charge in [0, 0.05) is 6.04 Å². The maximum atomic E-state index is 11.9. The van der Waals surface area contributed by atoms with Gasteiger partial charge in [-0.3, -0.25) is 4.79 Å². The highest BCUT2D eigenvalue weighted by atomic mass is 32.2. The van der Waals surface area contributed by atoms with Gasteiger partial charge in [-0.05, 0) is 24.3 Å². The number of thiophene rings is 1. The maximum Gasteiger partial charge on any atom is 0.347 e. The number of rotatable bonds is 6. The van der Waals surface area contributed by atoms with Crippen molar-refractivity contribution in [3.8, 4) is 0 Å². The van der Waals surface area contributed by atoms with Crippen molar-refractivity contribution in [1.29, 1.82) is 0 Å². The summed E-state index contributed by atoms with van der Waals surface area (Å²) in [4.78, 5) is 21.7. The van der Waals surface area contributed by atoms with E-state index in [-0.39, 0.29) is 15.8 Å². The van der Waals surface area contributed by atoms with Gasteiger partial charge in [0.15, 0.2) is 0 Å². The molecule has 0 saturated heterocycles. The third-order valence-corrected chi connectivity index (χ3v) is 4.95. The van der Waals surface area contributed by atoms with Gasteiger partial charge in [-0.1, -0.05) is 0 Å². The Morgan fingerprint density at radius 3 is 2.68 bits per heavy atom. The summed E-state index contributed by atoms with van der Waals surface area (Å²) in [5, 5.41) is 12.9. The summed E-state index contributed by atoms with van der Waals surface area (Å²) in [6.45, 7) is -0.395. The molecule has 2 rings (SSSR count). The SMILES string of the molecule is O=C(CNS(=O)(=O)c1ccsc1C(=O)O)NC1CC1. The first-order valence-electron chi connectivity index (χ1n) is 5.50. The predicted octanol–water partition coefficient (Wildman–Crippen LogP) is 0.00320. The van der Waals surface area contributed by atoms with E-state index in [9.17, 15) is 18.0 Å². The number of amides is 1. The topological polar surface area (TPSA) is 113 Å². The fraction of sp³-hybridized carbons (Fsp3) is 0.400. The zero-order chi connectivity index (χ0) is 14.0. The molecule has 19 heavy (non-hydrogen) atoms. The molecule has 1 aromatic heterocycles. The van der Waals surface area contributed by atoms with Gasteiger partial charge in [-0.25, -0.2) is 17.9 Å². The Kier molecular flexibility index (Phi) is 3.88. The van der Waals surface area contributed by atoms with Crippen LogP contribution in [0.5, 0.6) is 0 Å². The van der Waals surface area contributed by atoms with Crippen molar-refractivity contribution >= 4 is 33.2 Å². The zero-order valence-electron chi connectivity index (χ0n) is 9.75. The Morgan fingerprint density at radius 1 is 1.42 bits per heavy atom. The highest BCUT2D eigenvalue weighted by Crippen LogP contribution is 2.21. The van der Waals surface area contributed by atoms with Crippen LogP contribution in [0.4, 0.5) is 0 Å². The maximum absolute atomic E-state index is 11.9. The van der Waals surface area contributed by atoms with E-state index >= 15 is 0 Å². The summed E-state index contributed by atoms with van der Waals surface area (Å²) in [6.07, 6.45) is 1.82. The molecule has 1 aliphatic rings. The van der Waals surface area contributed by atoms with Crippen LogP contribution in [0.3, 0.4) is 0 Å². The zero-order valence-corrected chi connectivity index (χ0v) is 11.4. The van der Waals surface area contributed by atoms with Crippen LogP contribution in [-0.4, -0.2) is 38.0 Å². The summed E-state index contributed by atoms with van der Waals surface area (Å²) < 4.78 is 25.8. The number of hydrogen-bond acceptors (Lipinski definition) is 5. The second-order valence-corrected chi connectivity index (χ2v) is 6.74. The average molecular weight is 304 g/mol. The predicted molar refractivity (Wildman–Crippen MR) is 67.6 cm³/mol. The number of carbonyl (C=O) groups is 2. The Labute approximate surface area is 113 Å². The van der Waals surface area contributed by atoms with Crippen LogP contribution in [-0.2, 0) is 14.8 Å².